The average molecular weight is 662 g/mol. The first kappa shape index (κ1) is 38.2. The number of amides is 2. The van der Waals surface area contributed by atoms with E-state index < -0.39 is 29.1 Å². The highest BCUT2D eigenvalue weighted by Crippen LogP contribution is 2.23. The zero-order valence-corrected chi connectivity index (χ0v) is 29.6. The van der Waals surface area contributed by atoms with Crippen molar-refractivity contribution in [2.24, 2.45) is 5.92 Å². The van der Waals surface area contributed by atoms with Gasteiger partial charge in [0.1, 0.15) is 0 Å². The molecule has 262 valence electrons. The fourth-order valence-corrected chi connectivity index (χ4v) is 5.89. The van der Waals surface area contributed by atoms with Crippen LogP contribution in [0.5, 0.6) is 0 Å². The molecule has 2 N–H and O–H groups in total. The number of hydrogen-bond acceptors (Lipinski definition) is 5. The molecule has 1 heterocycles. The van der Waals surface area contributed by atoms with Crippen LogP contribution in [0.25, 0.3) is 5.69 Å². The first-order valence-electron chi connectivity index (χ1n) is 17.8. The van der Waals surface area contributed by atoms with E-state index in [1.54, 1.807) is 55.5 Å². The number of hydrogen-bond donors (Lipinski definition) is 2. The monoisotopic (exact) mass is 661 g/mol. The van der Waals surface area contributed by atoms with E-state index in [0.29, 0.717) is 29.0 Å². The van der Waals surface area contributed by atoms with Crippen LogP contribution >= 0.6 is 0 Å². The lowest BCUT2D eigenvalue weighted by molar-refractivity contribution is -0.129. The summed E-state index contributed by atoms with van der Waals surface area (Å²) in [7, 11) is 0. The quantitative estimate of drug-likeness (QED) is 0.0901. The molecule has 10 nitrogen and oxygen atoms in total. The summed E-state index contributed by atoms with van der Waals surface area (Å²) in [6.07, 6.45) is 14.6. The van der Waals surface area contributed by atoms with Gasteiger partial charge in [-0.3, -0.25) is 14.4 Å². The van der Waals surface area contributed by atoms with Gasteiger partial charge in [-0.25, -0.2) is 18.8 Å². The molecule has 3 aromatic rings. The minimum atomic E-state index is -1.68. The van der Waals surface area contributed by atoms with Crippen LogP contribution in [0.1, 0.15) is 123 Å². The highest BCUT2D eigenvalue weighted by Gasteiger charge is 2.32. The molecule has 2 atom stereocenters. The number of benzene rings is 2. The molecule has 3 rings (SSSR count). The summed E-state index contributed by atoms with van der Waals surface area (Å²) in [6, 6.07) is 12.1. The molecule has 0 saturated carbocycles. The van der Waals surface area contributed by atoms with E-state index in [2.05, 4.69) is 17.6 Å². The van der Waals surface area contributed by atoms with Crippen LogP contribution in [0.2, 0.25) is 0 Å². The van der Waals surface area contributed by atoms with Gasteiger partial charge in [-0.15, -0.1) is 0 Å². The molecule has 2 amide bonds. The molecule has 0 aliphatic carbocycles. The SMILES string of the molecule is CCCCCCCCCCCCC(C)C(=O)Nc1ccc(C)c(NC(=O)C(C(C)=O)n2c(=O)n(CCCC)n(-c3ccccc3)c2=O)c1. The zero-order chi connectivity index (χ0) is 35.1. The van der Waals surface area contributed by atoms with E-state index in [1.165, 1.54) is 67.7 Å². The molecule has 0 spiro atoms. The van der Waals surface area contributed by atoms with E-state index in [0.717, 1.165) is 30.3 Å². The third-order valence-corrected chi connectivity index (χ3v) is 8.87. The Morgan fingerprint density at radius 1 is 0.729 bits per heavy atom. The predicted octanol–water partition coefficient (Wildman–Crippen LogP) is 7.56. The van der Waals surface area contributed by atoms with Crippen molar-refractivity contribution in [3.8, 4) is 5.69 Å². The molecular formula is C38H55N5O5. The van der Waals surface area contributed by atoms with Gasteiger partial charge in [-0.1, -0.05) is 116 Å². The van der Waals surface area contributed by atoms with E-state index in [9.17, 15) is 24.0 Å². The largest absolute Gasteiger partial charge is 0.353 e. The summed E-state index contributed by atoms with van der Waals surface area (Å²) < 4.78 is 3.23. The Balaban J connectivity index is 1.68. The van der Waals surface area contributed by atoms with Gasteiger partial charge in [0.2, 0.25) is 5.91 Å². The minimum Gasteiger partial charge on any atom is -0.326 e. The Morgan fingerprint density at radius 2 is 1.33 bits per heavy atom. The Kier molecular flexibility index (Phi) is 15.6. The van der Waals surface area contributed by atoms with Crippen LogP contribution in [0.3, 0.4) is 0 Å². The van der Waals surface area contributed by atoms with Gasteiger partial charge in [0, 0.05) is 23.8 Å². The fourth-order valence-electron chi connectivity index (χ4n) is 5.89. The van der Waals surface area contributed by atoms with Gasteiger partial charge in [0.05, 0.1) is 5.69 Å². The number of rotatable bonds is 21. The van der Waals surface area contributed by atoms with Crippen molar-refractivity contribution in [3.05, 3.63) is 75.1 Å². The summed E-state index contributed by atoms with van der Waals surface area (Å²) in [4.78, 5) is 66.8. The topological polar surface area (TPSA) is 124 Å². The maximum absolute atomic E-state index is 13.7. The lowest BCUT2D eigenvalue weighted by atomic mass is 10.0. The molecule has 0 bridgehead atoms. The Hall–Kier alpha value is -4.21. The van der Waals surface area contributed by atoms with Crippen molar-refractivity contribution < 1.29 is 14.4 Å². The molecule has 0 aliphatic heterocycles. The Labute approximate surface area is 284 Å². The maximum Gasteiger partial charge on any atom is 0.353 e. The zero-order valence-electron chi connectivity index (χ0n) is 29.6. The van der Waals surface area contributed by atoms with Crippen LogP contribution in [0.15, 0.2) is 58.1 Å². The van der Waals surface area contributed by atoms with Gasteiger partial charge in [0.15, 0.2) is 11.8 Å². The van der Waals surface area contributed by atoms with Crippen molar-refractivity contribution in [3.63, 3.8) is 0 Å². The number of unbranched alkanes of at least 4 members (excludes halogenated alkanes) is 10. The van der Waals surface area contributed by atoms with Gasteiger partial charge in [0.25, 0.3) is 5.91 Å². The number of aromatic nitrogens is 3. The summed E-state index contributed by atoms with van der Waals surface area (Å²) in [6.45, 7) is 9.34. The smallest absolute Gasteiger partial charge is 0.326 e. The van der Waals surface area contributed by atoms with Crippen LogP contribution < -0.4 is 22.0 Å². The third kappa shape index (κ3) is 10.7. The molecule has 0 aliphatic rings. The highest BCUT2D eigenvalue weighted by molar-refractivity contribution is 6.08. The van der Waals surface area contributed by atoms with Gasteiger partial charge in [-0.05, 0) is 56.5 Å². The average Bonchev–Trinajstić information content (AvgIpc) is 3.30. The van der Waals surface area contributed by atoms with E-state index >= 15 is 0 Å². The minimum absolute atomic E-state index is 0.102. The highest BCUT2D eigenvalue weighted by atomic mass is 16.2. The number of para-hydroxylation sites is 1. The molecule has 2 aromatic carbocycles. The maximum atomic E-state index is 13.7. The second-order valence-electron chi connectivity index (χ2n) is 13.0. The van der Waals surface area contributed by atoms with Crippen molar-refractivity contribution in [2.75, 3.05) is 10.6 Å². The second-order valence-corrected chi connectivity index (χ2v) is 13.0. The molecule has 1 aromatic heterocycles. The first-order chi connectivity index (χ1) is 23.1. The molecular weight excluding hydrogens is 606 g/mol. The number of carbonyl (C=O) groups is 3. The van der Waals surface area contributed by atoms with Crippen molar-refractivity contribution in [1.29, 1.82) is 0 Å². The molecule has 0 fully saturated rings. The number of ketones is 1. The molecule has 10 heteroatoms. The summed E-state index contributed by atoms with van der Waals surface area (Å²) >= 11 is 0. The van der Waals surface area contributed by atoms with E-state index in [4.69, 9.17) is 0 Å². The van der Waals surface area contributed by atoms with Gasteiger partial charge < -0.3 is 10.6 Å². The second kappa shape index (κ2) is 19.6. The van der Waals surface area contributed by atoms with Crippen LogP contribution in [-0.4, -0.2) is 31.5 Å². The third-order valence-electron chi connectivity index (χ3n) is 8.87. The summed E-state index contributed by atoms with van der Waals surface area (Å²) in [5.41, 5.74) is 0.516. The number of aryl methyl sites for hydroxylation is 1. The number of nitrogens with zero attached hydrogens (tertiary/aromatic N) is 3. The molecule has 0 radical (unpaired) electrons. The van der Waals surface area contributed by atoms with Crippen molar-refractivity contribution in [2.45, 2.75) is 131 Å². The normalized spacial score (nSPS) is 12.4. The van der Waals surface area contributed by atoms with Crippen LogP contribution in [0, 0.1) is 12.8 Å². The molecule has 2 unspecified atom stereocenters. The van der Waals surface area contributed by atoms with Crippen LogP contribution in [0.4, 0.5) is 11.4 Å². The first-order valence-corrected chi connectivity index (χ1v) is 17.8. The molecule has 0 saturated heterocycles. The summed E-state index contributed by atoms with van der Waals surface area (Å²) in [5.74, 6) is -1.73. The van der Waals surface area contributed by atoms with Crippen molar-refractivity contribution >= 4 is 29.0 Å². The summed E-state index contributed by atoms with van der Waals surface area (Å²) in [5, 5.41) is 5.69. The lowest BCUT2D eigenvalue weighted by Gasteiger charge is -2.17. The Bertz CT molecular complexity index is 1600. The van der Waals surface area contributed by atoms with E-state index in [-0.39, 0.29) is 18.4 Å². The lowest BCUT2D eigenvalue weighted by Crippen LogP contribution is -2.42. The fraction of sp³-hybridized carbons (Fsp3) is 0.553. The number of nitrogens with one attached hydrogen (secondary N) is 2. The van der Waals surface area contributed by atoms with Gasteiger partial charge >= 0.3 is 11.4 Å². The van der Waals surface area contributed by atoms with Crippen LogP contribution in [-0.2, 0) is 20.9 Å². The standard InChI is InChI=1S/C38H55N5O5/c1-6-8-10-11-12-13-14-15-16-18-21-29(4)35(45)39-31-25-24-28(3)33(27-31)40-36(46)34(30(5)44)42-37(47)41(26-9-7-2)43(38(42)48)32-22-19-17-20-23-32/h17,19-20,22-25,27,29,34H,6-16,18,21,26H2,1-5H3,(H,39,45)(H,40,46). The number of anilines is 2. The predicted molar refractivity (Wildman–Crippen MR) is 193 cm³/mol. The Morgan fingerprint density at radius 3 is 1.94 bits per heavy atom. The number of carbonyl (C=O) groups excluding carboxylic acids is 3. The number of Topliss-reactive ketones (excluding diaryl/α,β-unsaturated/α-hetero) is 1. The van der Waals surface area contributed by atoms with E-state index in [1.807, 2.05) is 13.8 Å². The van der Waals surface area contributed by atoms with Crippen molar-refractivity contribution in [1.82, 2.24) is 13.9 Å². The van der Waals surface area contributed by atoms with Gasteiger partial charge in [-0.2, -0.15) is 4.68 Å². The molecule has 48 heavy (non-hydrogen) atoms.